The van der Waals surface area contributed by atoms with Crippen molar-refractivity contribution in [1.29, 1.82) is 5.26 Å². The Morgan fingerprint density at radius 2 is 1.59 bits per heavy atom. The van der Waals surface area contributed by atoms with E-state index in [0.717, 1.165) is 5.56 Å². The maximum Gasteiger partial charge on any atom is 0.573 e. The van der Waals surface area contributed by atoms with Crippen LogP contribution in [0.3, 0.4) is 0 Å². The van der Waals surface area contributed by atoms with Crippen molar-refractivity contribution in [3.8, 4) is 11.8 Å². The number of ether oxygens (including phenoxy) is 1. The highest BCUT2D eigenvalue weighted by atomic mass is 19.4. The van der Waals surface area contributed by atoms with E-state index in [1.54, 1.807) is 43.3 Å². The Balaban J connectivity index is 2.52. The molecule has 0 radical (unpaired) electrons. The van der Waals surface area contributed by atoms with Crippen LogP contribution in [0.1, 0.15) is 24.0 Å². The molecule has 2 nitrogen and oxygen atoms in total. The molecule has 2 atom stereocenters. The first kappa shape index (κ1) is 15.9. The molecule has 0 saturated carbocycles. The molecule has 114 valence electrons. The summed E-state index contributed by atoms with van der Waals surface area (Å²) in [6.45, 7) is 1.68. The smallest absolute Gasteiger partial charge is 0.405 e. The Bertz CT molecular complexity index is 662. The average molecular weight is 305 g/mol. The van der Waals surface area contributed by atoms with Crippen LogP contribution in [0, 0.1) is 17.2 Å². The largest absolute Gasteiger partial charge is 0.573 e. The van der Waals surface area contributed by atoms with Gasteiger partial charge in [0.15, 0.2) is 0 Å². The summed E-state index contributed by atoms with van der Waals surface area (Å²) in [6.07, 6.45) is -4.77. The van der Waals surface area contributed by atoms with Gasteiger partial charge in [-0.1, -0.05) is 48.5 Å². The van der Waals surface area contributed by atoms with Crippen LogP contribution in [-0.2, 0) is 0 Å². The maximum atomic E-state index is 12.6. The number of benzene rings is 2. The monoisotopic (exact) mass is 305 g/mol. The van der Waals surface area contributed by atoms with E-state index in [1.165, 1.54) is 12.1 Å². The van der Waals surface area contributed by atoms with Gasteiger partial charge in [-0.05, 0) is 18.6 Å². The van der Waals surface area contributed by atoms with Crippen LogP contribution in [0.4, 0.5) is 13.2 Å². The summed E-state index contributed by atoms with van der Waals surface area (Å²) in [5.41, 5.74) is 1.12. The third-order valence-corrected chi connectivity index (χ3v) is 3.34. The van der Waals surface area contributed by atoms with E-state index in [9.17, 15) is 18.4 Å². The zero-order valence-corrected chi connectivity index (χ0v) is 11.8. The third-order valence-electron chi connectivity index (χ3n) is 3.34. The van der Waals surface area contributed by atoms with Gasteiger partial charge in [0.05, 0.1) is 12.0 Å². The third kappa shape index (κ3) is 3.79. The second-order valence-electron chi connectivity index (χ2n) is 4.89. The predicted molar refractivity (Wildman–Crippen MR) is 76.2 cm³/mol. The molecule has 0 bridgehead atoms. The lowest BCUT2D eigenvalue weighted by atomic mass is 9.82. The number of rotatable bonds is 4. The summed E-state index contributed by atoms with van der Waals surface area (Å²) in [5.74, 6) is -1.27. The predicted octanol–water partition coefficient (Wildman–Crippen LogP) is 4.88. The van der Waals surface area contributed by atoms with Crippen molar-refractivity contribution in [1.82, 2.24) is 0 Å². The van der Waals surface area contributed by atoms with Crippen molar-refractivity contribution in [2.24, 2.45) is 5.92 Å². The summed E-state index contributed by atoms with van der Waals surface area (Å²) < 4.78 is 41.9. The van der Waals surface area contributed by atoms with Gasteiger partial charge < -0.3 is 4.74 Å². The SMILES string of the molecule is CC(C#N)C(c1ccccc1)c1ccccc1OC(F)(F)F. The minimum Gasteiger partial charge on any atom is -0.405 e. The molecule has 0 saturated heterocycles. The molecule has 0 spiro atoms. The Labute approximate surface area is 126 Å². The summed E-state index contributed by atoms with van der Waals surface area (Å²) in [4.78, 5) is 0. The van der Waals surface area contributed by atoms with Crippen molar-refractivity contribution in [3.63, 3.8) is 0 Å². The molecular formula is C17H14F3NO. The highest BCUT2D eigenvalue weighted by Gasteiger charge is 2.34. The molecule has 2 rings (SSSR count). The Morgan fingerprint density at radius 1 is 1.00 bits per heavy atom. The van der Waals surface area contributed by atoms with Crippen molar-refractivity contribution < 1.29 is 17.9 Å². The summed E-state index contributed by atoms with van der Waals surface area (Å²) in [5, 5.41) is 9.24. The molecule has 0 aromatic heterocycles. The Morgan fingerprint density at radius 3 is 2.18 bits per heavy atom. The van der Waals surface area contributed by atoms with Crippen molar-refractivity contribution in [2.45, 2.75) is 19.2 Å². The van der Waals surface area contributed by atoms with Crippen LogP contribution in [-0.4, -0.2) is 6.36 Å². The molecule has 0 N–H and O–H groups in total. The molecule has 0 aliphatic heterocycles. The molecule has 22 heavy (non-hydrogen) atoms. The molecule has 0 heterocycles. The van der Waals surface area contributed by atoms with E-state index in [-0.39, 0.29) is 5.75 Å². The number of alkyl halides is 3. The second-order valence-corrected chi connectivity index (χ2v) is 4.89. The molecule has 0 aliphatic rings. The molecule has 2 aromatic rings. The number of nitriles is 1. The summed E-state index contributed by atoms with van der Waals surface area (Å²) >= 11 is 0. The lowest BCUT2D eigenvalue weighted by molar-refractivity contribution is -0.275. The molecule has 2 aromatic carbocycles. The summed E-state index contributed by atoms with van der Waals surface area (Å²) in [7, 11) is 0. The molecule has 0 aliphatic carbocycles. The van der Waals surface area contributed by atoms with E-state index >= 15 is 0 Å². The van der Waals surface area contributed by atoms with E-state index in [0.29, 0.717) is 5.56 Å². The second kappa shape index (κ2) is 6.52. The highest BCUT2D eigenvalue weighted by molar-refractivity contribution is 5.43. The first-order valence-electron chi connectivity index (χ1n) is 6.71. The fraction of sp³-hybridized carbons (Fsp3) is 0.235. The number of halogens is 3. The highest BCUT2D eigenvalue weighted by Crippen LogP contribution is 2.38. The molecule has 2 unspecified atom stereocenters. The first-order chi connectivity index (χ1) is 10.4. The van der Waals surface area contributed by atoms with Crippen LogP contribution in [0.2, 0.25) is 0 Å². The fourth-order valence-corrected chi connectivity index (χ4v) is 2.43. The lowest BCUT2D eigenvalue weighted by Crippen LogP contribution is -2.20. The van der Waals surface area contributed by atoms with Crippen LogP contribution >= 0.6 is 0 Å². The number of nitrogens with zero attached hydrogens (tertiary/aromatic N) is 1. The van der Waals surface area contributed by atoms with Gasteiger partial charge in [-0.2, -0.15) is 5.26 Å². The standard InChI is InChI=1S/C17H14F3NO/c1-12(11-21)16(13-7-3-2-4-8-13)14-9-5-6-10-15(14)22-17(18,19)20/h2-10,12,16H,1H3. The zero-order valence-electron chi connectivity index (χ0n) is 11.8. The van der Waals surface area contributed by atoms with Gasteiger partial charge in [0.2, 0.25) is 0 Å². The number of para-hydroxylation sites is 1. The van der Waals surface area contributed by atoms with Crippen molar-refractivity contribution in [3.05, 3.63) is 65.7 Å². The van der Waals surface area contributed by atoms with E-state index in [4.69, 9.17) is 0 Å². The van der Waals surface area contributed by atoms with Crippen LogP contribution in [0.25, 0.3) is 0 Å². The topological polar surface area (TPSA) is 33.0 Å². The Hall–Kier alpha value is -2.48. The van der Waals surface area contributed by atoms with Crippen LogP contribution in [0.5, 0.6) is 5.75 Å². The van der Waals surface area contributed by atoms with Crippen molar-refractivity contribution in [2.75, 3.05) is 0 Å². The average Bonchev–Trinajstić information content (AvgIpc) is 2.48. The quantitative estimate of drug-likeness (QED) is 0.806. The Kier molecular flexibility index (Phi) is 4.71. The van der Waals surface area contributed by atoms with Gasteiger partial charge in [0, 0.05) is 11.5 Å². The van der Waals surface area contributed by atoms with Crippen LogP contribution in [0.15, 0.2) is 54.6 Å². The van der Waals surface area contributed by atoms with Gasteiger partial charge in [-0.3, -0.25) is 0 Å². The minimum atomic E-state index is -4.77. The number of hydrogen-bond donors (Lipinski definition) is 0. The van der Waals surface area contributed by atoms with E-state index < -0.39 is 18.2 Å². The van der Waals surface area contributed by atoms with Gasteiger partial charge in [-0.15, -0.1) is 13.2 Å². The van der Waals surface area contributed by atoms with Gasteiger partial charge in [0.1, 0.15) is 5.75 Å². The normalized spacial score (nSPS) is 14.0. The molecule has 0 fully saturated rings. The van der Waals surface area contributed by atoms with Crippen molar-refractivity contribution >= 4 is 0 Å². The van der Waals surface area contributed by atoms with E-state index in [1.807, 2.05) is 6.07 Å². The molecule has 5 heteroatoms. The fourth-order valence-electron chi connectivity index (χ4n) is 2.43. The molecule has 0 amide bonds. The van der Waals surface area contributed by atoms with E-state index in [2.05, 4.69) is 10.8 Å². The van der Waals surface area contributed by atoms with Gasteiger partial charge >= 0.3 is 6.36 Å². The van der Waals surface area contributed by atoms with Gasteiger partial charge in [0.25, 0.3) is 0 Å². The number of hydrogen-bond acceptors (Lipinski definition) is 2. The lowest BCUT2D eigenvalue weighted by Gasteiger charge is -2.23. The minimum absolute atomic E-state index is 0.272. The first-order valence-corrected chi connectivity index (χ1v) is 6.71. The van der Waals surface area contributed by atoms with Gasteiger partial charge in [-0.25, -0.2) is 0 Å². The zero-order chi connectivity index (χ0) is 16.2. The molecular weight excluding hydrogens is 291 g/mol. The summed E-state index contributed by atoms with van der Waals surface area (Å²) in [6, 6.07) is 17.0. The van der Waals surface area contributed by atoms with Crippen LogP contribution < -0.4 is 4.74 Å². The maximum absolute atomic E-state index is 12.6.